The molecule has 0 bridgehead atoms. The van der Waals surface area contributed by atoms with Crippen molar-refractivity contribution in [3.63, 3.8) is 0 Å². The van der Waals surface area contributed by atoms with Gasteiger partial charge in [0.2, 0.25) is 0 Å². The summed E-state index contributed by atoms with van der Waals surface area (Å²) in [4.78, 5) is 16.3. The molecule has 0 aliphatic rings. The van der Waals surface area contributed by atoms with E-state index in [1.807, 2.05) is 0 Å². The number of aromatic nitrogens is 2. The van der Waals surface area contributed by atoms with E-state index in [0.29, 0.717) is 18.1 Å². The Morgan fingerprint density at radius 3 is 2.72 bits per heavy atom. The number of hydrogen-bond acceptors (Lipinski definition) is 5. The number of pyridine rings is 1. The standard InChI is InChI=1S/C18H17FN4O2/c1-12-10-17(23-25-12)22-18(24)16-11-15(7-9-21-16)20-8-6-13-2-4-14(19)5-3-13/h2-5,7,9-11H,6,8H2,1H3,(H,20,21)(H,22,23,24). The van der Waals surface area contributed by atoms with Crippen LogP contribution in [0.5, 0.6) is 0 Å². The van der Waals surface area contributed by atoms with Gasteiger partial charge in [0.25, 0.3) is 5.91 Å². The molecule has 0 atom stereocenters. The summed E-state index contributed by atoms with van der Waals surface area (Å²) in [5, 5.41) is 9.56. The number of nitrogens with one attached hydrogen (secondary N) is 2. The molecule has 0 saturated carbocycles. The predicted octanol–water partition coefficient (Wildman–Crippen LogP) is 3.42. The van der Waals surface area contributed by atoms with Crippen LogP contribution in [-0.4, -0.2) is 22.6 Å². The van der Waals surface area contributed by atoms with Crippen molar-refractivity contribution < 1.29 is 13.7 Å². The Morgan fingerprint density at radius 1 is 1.20 bits per heavy atom. The number of anilines is 2. The second-order valence-electron chi connectivity index (χ2n) is 5.51. The van der Waals surface area contributed by atoms with E-state index in [1.54, 1.807) is 43.5 Å². The molecule has 128 valence electrons. The van der Waals surface area contributed by atoms with Gasteiger partial charge in [0, 0.05) is 24.5 Å². The molecule has 0 aliphatic carbocycles. The van der Waals surface area contributed by atoms with Crippen molar-refractivity contribution in [2.45, 2.75) is 13.3 Å². The van der Waals surface area contributed by atoms with Crippen LogP contribution in [0.4, 0.5) is 15.9 Å². The molecule has 2 N–H and O–H groups in total. The van der Waals surface area contributed by atoms with Crippen LogP contribution >= 0.6 is 0 Å². The van der Waals surface area contributed by atoms with Crippen molar-refractivity contribution >= 4 is 17.4 Å². The van der Waals surface area contributed by atoms with Gasteiger partial charge in [-0.2, -0.15) is 0 Å². The summed E-state index contributed by atoms with van der Waals surface area (Å²) in [5.74, 6) is 0.345. The number of nitrogens with zero attached hydrogens (tertiary/aromatic N) is 2. The van der Waals surface area contributed by atoms with Gasteiger partial charge in [0.15, 0.2) is 5.82 Å². The van der Waals surface area contributed by atoms with Crippen molar-refractivity contribution in [3.05, 3.63) is 71.5 Å². The van der Waals surface area contributed by atoms with Crippen molar-refractivity contribution in [1.29, 1.82) is 0 Å². The number of carbonyl (C=O) groups excluding carboxylic acids is 1. The monoisotopic (exact) mass is 340 g/mol. The zero-order valence-electron chi connectivity index (χ0n) is 13.6. The summed E-state index contributed by atoms with van der Waals surface area (Å²) in [5.41, 5.74) is 2.08. The lowest BCUT2D eigenvalue weighted by Crippen LogP contribution is -2.14. The third-order valence-corrected chi connectivity index (χ3v) is 3.52. The average Bonchev–Trinajstić information content (AvgIpc) is 3.02. The molecule has 3 aromatic rings. The number of rotatable bonds is 6. The maximum Gasteiger partial charge on any atom is 0.275 e. The van der Waals surface area contributed by atoms with Crippen molar-refractivity contribution in [3.8, 4) is 0 Å². The highest BCUT2D eigenvalue weighted by Gasteiger charge is 2.10. The van der Waals surface area contributed by atoms with Crippen LogP contribution in [0.2, 0.25) is 0 Å². The van der Waals surface area contributed by atoms with E-state index < -0.39 is 0 Å². The van der Waals surface area contributed by atoms with E-state index in [1.165, 1.54) is 12.1 Å². The number of benzene rings is 1. The maximum atomic E-state index is 12.9. The van der Waals surface area contributed by atoms with E-state index >= 15 is 0 Å². The van der Waals surface area contributed by atoms with Gasteiger partial charge in [0.1, 0.15) is 17.3 Å². The predicted molar refractivity (Wildman–Crippen MR) is 92.0 cm³/mol. The molecule has 2 heterocycles. The Kier molecular flexibility index (Phi) is 5.03. The van der Waals surface area contributed by atoms with Crippen LogP contribution in [0.15, 0.2) is 53.2 Å². The second kappa shape index (κ2) is 7.57. The first-order valence-corrected chi connectivity index (χ1v) is 7.79. The molecule has 6 nitrogen and oxygen atoms in total. The minimum atomic E-state index is -0.365. The molecule has 25 heavy (non-hydrogen) atoms. The molecule has 1 aromatic carbocycles. The Balaban J connectivity index is 1.57. The van der Waals surface area contributed by atoms with Crippen LogP contribution in [0, 0.1) is 12.7 Å². The van der Waals surface area contributed by atoms with Gasteiger partial charge in [0.05, 0.1) is 0 Å². The van der Waals surface area contributed by atoms with Crippen LogP contribution in [0.3, 0.4) is 0 Å². The van der Waals surface area contributed by atoms with E-state index in [9.17, 15) is 9.18 Å². The summed E-state index contributed by atoms with van der Waals surface area (Å²) in [6, 6.07) is 11.5. The van der Waals surface area contributed by atoms with Gasteiger partial charge in [-0.1, -0.05) is 17.3 Å². The second-order valence-corrected chi connectivity index (χ2v) is 5.51. The van der Waals surface area contributed by atoms with Crippen LogP contribution < -0.4 is 10.6 Å². The van der Waals surface area contributed by atoms with Crippen molar-refractivity contribution in [1.82, 2.24) is 10.1 Å². The molecule has 0 aliphatic heterocycles. The van der Waals surface area contributed by atoms with Gasteiger partial charge >= 0.3 is 0 Å². The van der Waals surface area contributed by atoms with Gasteiger partial charge in [-0.15, -0.1) is 0 Å². The lowest BCUT2D eigenvalue weighted by atomic mass is 10.1. The molecule has 0 saturated heterocycles. The summed E-state index contributed by atoms with van der Waals surface area (Å²) < 4.78 is 17.8. The quantitative estimate of drug-likeness (QED) is 0.719. The fourth-order valence-corrected chi connectivity index (χ4v) is 2.27. The normalized spacial score (nSPS) is 10.5. The number of hydrogen-bond donors (Lipinski definition) is 2. The largest absolute Gasteiger partial charge is 0.385 e. The molecule has 1 amide bonds. The Bertz CT molecular complexity index is 862. The van der Waals surface area contributed by atoms with Crippen LogP contribution in [-0.2, 0) is 6.42 Å². The van der Waals surface area contributed by atoms with Gasteiger partial charge < -0.3 is 15.2 Å². The summed E-state index contributed by atoms with van der Waals surface area (Å²) in [7, 11) is 0. The minimum Gasteiger partial charge on any atom is -0.385 e. The zero-order valence-corrected chi connectivity index (χ0v) is 13.6. The first kappa shape index (κ1) is 16.6. The van der Waals surface area contributed by atoms with Crippen molar-refractivity contribution in [2.24, 2.45) is 0 Å². The van der Waals surface area contributed by atoms with Crippen molar-refractivity contribution in [2.75, 3.05) is 17.2 Å². The molecule has 0 unspecified atom stereocenters. The average molecular weight is 340 g/mol. The SMILES string of the molecule is Cc1cc(NC(=O)c2cc(NCCc3ccc(F)cc3)ccn2)no1. The Labute approximate surface area is 144 Å². The maximum absolute atomic E-state index is 12.9. The van der Waals surface area contributed by atoms with Gasteiger partial charge in [-0.05, 0) is 43.2 Å². The number of carbonyl (C=O) groups is 1. The third kappa shape index (κ3) is 4.63. The summed E-state index contributed by atoms with van der Waals surface area (Å²) in [6.07, 6.45) is 2.30. The zero-order chi connectivity index (χ0) is 17.6. The molecule has 0 fully saturated rings. The first-order valence-electron chi connectivity index (χ1n) is 7.79. The lowest BCUT2D eigenvalue weighted by Gasteiger charge is -2.08. The van der Waals surface area contributed by atoms with E-state index in [-0.39, 0.29) is 17.4 Å². The number of aryl methyl sites for hydroxylation is 1. The highest BCUT2D eigenvalue weighted by molar-refractivity contribution is 6.02. The van der Waals surface area contributed by atoms with E-state index in [4.69, 9.17) is 4.52 Å². The highest BCUT2D eigenvalue weighted by Crippen LogP contribution is 2.12. The van der Waals surface area contributed by atoms with Crippen LogP contribution in [0.1, 0.15) is 21.8 Å². The summed E-state index contributed by atoms with van der Waals surface area (Å²) in [6.45, 7) is 2.39. The number of halogens is 1. The van der Waals surface area contributed by atoms with E-state index in [0.717, 1.165) is 17.7 Å². The molecule has 7 heteroatoms. The molecule has 0 radical (unpaired) electrons. The minimum absolute atomic E-state index is 0.246. The third-order valence-electron chi connectivity index (χ3n) is 3.52. The topological polar surface area (TPSA) is 80.0 Å². The molecule has 2 aromatic heterocycles. The smallest absolute Gasteiger partial charge is 0.275 e. The van der Waals surface area contributed by atoms with E-state index in [2.05, 4.69) is 20.8 Å². The first-order chi connectivity index (χ1) is 12.1. The fraction of sp³-hybridized carbons (Fsp3) is 0.167. The summed E-state index contributed by atoms with van der Waals surface area (Å²) >= 11 is 0. The Hall–Kier alpha value is -3.22. The van der Waals surface area contributed by atoms with Gasteiger partial charge in [-0.3, -0.25) is 9.78 Å². The molecule has 0 spiro atoms. The lowest BCUT2D eigenvalue weighted by molar-refractivity contribution is 0.102. The van der Waals surface area contributed by atoms with Crippen LogP contribution in [0.25, 0.3) is 0 Å². The number of amides is 1. The van der Waals surface area contributed by atoms with Gasteiger partial charge in [-0.25, -0.2) is 4.39 Å². The molecular weight excluding hydrogens is 323 g/mol. The fourth-order valence-electron chi connectivity index (χ4n) is 2.27. The molecular formula is C18H17FN4O2. The Morgan fingerprint density at radius 2 is 2.00 bits per heavy atom. The highest BCUT2D eigenvalue weighted by atomic mass is 19.1. The molecule has 3 rings (SSSR count).